The number of halogens is 1. The first-order valence-corrected chi connectivity index (χ1v) is 7.16. The first kappa shape index (κ1) is 15.9. The summed E-state index contributed by atoms with van der Waals surface area (Å²) < 4.78 is 38.7. The lowest BCUT2D eigenvalue weighted by Gasteiger charge is -2.20. The van der Waals surface area contributed by atoms with Gasteiger partial charge in [-0.05, 0) is 18.2 Å². The molecule has 0 aliphatic heterocycles. The maximum Gasteiger partial charge on any atom is 0.245 e. The van der Waals surface area contributed by atoms with E-state index in [-0.39, 0.29) is 36.5 Å². The van der Waals surface area contributed by atoms with Crippen molar-refractivity contribution in [3.05, 3.63) is 24.0 Å². The van der Waals surface area contributed by atoms with E-state index in [2.05, 4.69) is 0 Å². The normalized spacial score (nSPS) is 11.0. The first-order chi connectivity index (χ1) is 9.43. The van der Waals surface area contributed by atoms with Gasteiger partial charge in [-0.15, -0.1) is 0 Å². The van der Waals surface area contributed by atoms with Crippen LogP contribution in [-0.4, -0.2) is 25.8 Å². The molecule has 106 valence electrons. The third-order valence-corrected chi connectivity index (χ3v) is 4.51. The second kappa shape index (κ2) is 6.85. The standard InChI is InChI=1S/C12H13FN4O2S/c13-10-3-4-12(11(16)9-10)20(18,19)17(7-1-5-14)8-2-6-15/h3-4,9H,1-2,7-8,16H2. The van der Waals surface area contributed by atoms with Crippen molar-refractivity contribution in [1.82, 2.24) is 4.31 Å². The molecule has 0 aliphatic rings. The van der Waals surface area contributed by atoms with Crippen molar-refractivity contribution in [2.24, 2.45) is 0 Å². The van der Waals surface area contributed by atoms with Gasteiger partial charge in [0.25, 0.3) is 0 Å². The van der Waals surface area contributed by atoms with Gasteiger partial charge in [0, 0.05) is 25.9 Å². The van der Waals surface area contributed by atoms with Crippen LogP contribution >= 0.6 is 0 Å². The predicted molar refractivity (Wildman–Crippen MR) is 70.0 cm³/mol. The van der Waals surface area contributed by atoms with Gasteiger partial charge in [0.2, 0.25) is 10.0 Å². The van der Waals surface area contributed by atoms with Gasteiger partial charge in [-0.2, -0.15) is 14.8 Å². The van der Waals surface area contributed by atoms with E-state index in [0.717, 1.165) is 22.5 Å². The van der Waals surface area contributed by atoms with E-state index >= 15 is 0 Å². The van der Waals surface area contributed by atoms with E-state index in [1.54, 1.807) is 0 Å². The van der Waals surface area contributed by atoms with Gasteiger partial charge >= 0.3 is 0 Å². The van der Waals surface area contributed by atoms with Gasteiger partial charge in [0.15, 0.2) is 0 Å². The monoisotopic (exact) mass is 296 g/mol. The highest BCUT2D eigenvalue weighted by atomic mass is 32.2. The minimum Gasteiger partial charge on any atom is -0.398 e. The van der Waals surface area contributed by atoms with Crippen LogP contribution in [-0.2, 0) is 10.0 Å². The zero-order chi connectivity index (χ0) is 15.2. The summed E-state index contributed by atoms with van der Waals surface area (Å²) in [7, 11) is -3.95. The van der Waals surface area contributed by atoms with Gasteiger partial charge in [-0.3, -0.25) is 0 Å². The fourth-order valence-corrected chi connectivity index (χ4v) is 3.13. The second-order valence-electron chi connectivity index (χ2n) is 3.90. The van der Waals surface area contributed by atoms with Crippen molar-refractivity contribution in [2.45, 2.75) is 17.7 Å². The molecule has 20 heavy (non-hydrogen) atoms. The van der Waals surface area contributed by atoms with Gasteiger partial charge in [-0.25, -0.2) is 12.8 Å². The van der Waals surface area contributed by atoms with Gasteiger partial charge in [-0.1, -0.05) is 0 Å². The molecule has 0 fully saturated rings. The molecule has 0 unspecified atom stereocenters. The Morgan fingerprint density at radius 3 is 2.20 bits per heavy atom. The van der Waals surface area contributed by atoms with Crippen LogP contribution in [0, 0.1) is 28.5 Å². The molecule has 0 saturated carbocycles. The zero-order valence-corrected chi connectivity index (χ0v) is 11.4. The maximum atomic E-state index is 13.0. The summed E-state index contributed by atoms with van der Waals surface area (Å²) in [6.45, 7) is -0.0886. The Morgan fingerprint density at radius 2 is 1.75 bits per heavy atom. The summed E-state index contributed by atoms with van der Waals surface area (Å²) in [6.07, 6.45) is -0.0164. The molecule has 0 spiro atoms. The molecule has 0 bridgehead atoms. The van der Waals surface area contributed by atoms with Crippen LogP contribution in [0.2, 0.25) is 0 Å². The molecule has 0 aliphatic carbocycles. The van der Waals surface area contributed by atoms with Crippen molar-refractivity contribution in [2.75, 3.05) is 18.8 Å². The van der Waals surface area contributed by atoms with Crippen molar-refractivity contribution >= 4 is 15.7 Å². The van der Waals surface area contributed by atoms with Crippen LogP contribution in [0.3, 0.4) is 0 Å². The summed E-state index contributed by atoms with van der Waals surface area (Å²) >= 11 is 0. The summed E-state index contributed by atoms with van der Waals surface area (Å²) in [6, 6.07) is 6.67. The van der Waals surface area contributed by atoms with Crippen LogP contribution in [0.25, 0.3) is 0 Å². The van der Waals surface area contributed by atoms with Crippen LogP contribution in [0.15, 0.2) is 23.1 Å². The predicted octanol–water partition coefficient (Wildman–Crippen LogP) is 1.23. The maximum absolute atomic E-state index is 13.0. The van der Waals surface area contributed by atoms with E-state index < -0.39 is 15.8 Å². The van der Waals surface area contributed by atoms with Crippen LogP contribution in [0.4, 0.5) is 10.1 Å². The Bertz CT molecular complexity index is 643. The van der Waals surface area contributed by atoms with E-state index in [0.29, 0.717) is 0 Å². The Kier molecular flexibility index (Phi) is 5.44. The molecule has 0 aromatic heterocycles. The lowest BCUT2D eigenvalue weighted by molar-refractivity contribution is 0.425. The van der Waals surface area contributed by atoms with Gasteiger partial charge < -0.3 is 5.73 Å². The molecule has 6 nitrogen and oxygen atoms in total. The Balaban J connectivity index is 3.15. The topological polar surface area (TPSA) is 111 Å². The molecular formula is C12H13FN4O2S. The SMILES string of the molecule is N#CCCN(CCC#N)S(=O)(=O)c1ccc(F)cc1N. The zero-order valence-electron chi connectivity index (χ0n) is 10.6. The molecule has 0 saturated heterocycles. The van der Waals surface area contributed by atoms with Crippen molar-refractivity contribution in [1.29, 1.82) is 10.5 Å². The summed E-state index contributed by atoms with van der Waals surface area (Å²) in [4.78, 5) is -0.227. The first-order valence-electron chi connectivity index (χ1n) is 5.72. The molecule has 1 aromatic rings. The van der Waals surface area contributed by atoms with Crippen molar-refractivity contribution in [3.63, 3.8) is 0 Å². The number of nitrogen functional groups attached to an aromatic ring is 1. The van der Waals surface area contributed by atoms with Crippen LogP contribution in [0.5, 0.6) is 0 Å². The smallest absolute Gasteiger partial charge is 0.245 e. The van der Waals surface area contributed by atoms with Gasteiger partial charge in [0.1, 0.15) is 10.7 Å². The van der Waals surface area contributed by atoms with E-state index in [4.69, 9.17) is 16.3 Å². The number of nitriles is 2. The summed E-state index contributed by atoms with van der Waals surface area (Å²) in [5, 5.41) is 17.1. The molecular weight excluding hydrogens is 283 g/mol. The summed E-state index contributed by atoms with van der Waals surface area (Å²) in [5.41, 5.74) is 5.32. The molecule has 8 heteroatoms. The number of nitrogens with zero attached hydrogens (tertiary/aromatic N) is 3. The molecule has 0 heterocycles. The number of hydrogen-bond donors (Lipinski definition) is 1. The second-order valence-corrected chi connectivity index (χ2v) is 5.81. The highest BCUT2D eigenvalue weighted by molar-refractivity contribution is 7.89. The average molecular weight is 296 g/mol. The largest absolute Gasteiger partial charge is 0.398 e. The van der Waals surface area contributed by atoms with E-state index in [1.165, 1.54) is 0 Å². The molecule has 2 N–H and O–H groups in total. The molecule has 1 rings (SSSR count). The number of hydrogen-bond acceptors (Lipinski definition) is 5. The fraction of sp³-hybridized carbons (Fsp3) is 0.333. The lowest BCUT2D eigenvalue weighted by atomic mass is 10.3. The number of rotatable bonds is 6. The van der Waals surface area contributed by atoms with E-state index in [1.807, 2.05) is 12.1 Å². The summed E-state index contributed by atoms with van der Waals surface area (Å²) in [5.74, 6) is -0.637. The Morgan fingerprint density at radius 1 is 1.20 bits per heavy atom. The molecule has 0 atom stereocenters. The number of benzene rings is 1. The third kappa shape index (κ3) is 3.67. The highest BCUT2D eigenvalue weighted by Crippen LogP contribution is 2.23. The molecule has 1 aromatic carbocycles. The van der Waals surface area contributed by atoms with E-state index in [9.17, 15) is 12.8 Å². The highest BCUT2D eigenvalue weighted by Gasteiger charge is 2.26. The Hall–Kier alpha value is -2.16. The van der Waals surface area contributed by atoms with Crippen molar-refractivity contribution in [3.8, 4) is 12.1 Å². The lowest BCUT2D eigenvalue weighted by Crippen LogP contribution is -2.33. The Labute approximate surface area is 116 Å². The van der Waals surface area contributed by atoms with Crippen molar-refractivity contribution < 1.29 is 12.8 Å². The quantitative estimate of drug-likeness (QED) is 0.793. The minimum absolute atomic E-state index is 0.00818. The number of nitrogens with two attached hydrogens (primary N) is 1. The van der Waals surface area contributed by atoms with Crippen LogP contribution < -0.4 is 5.73 Å². The molecule has 0 radical (unpaired) electrons. The average Bonchev–Trinajstić information content (AvgIpc) is 2.38. The minimum atomic E-state index is -3.95. The van der Waals surface area contributed by atoms with Crippen LogP contribution in [0.1, 0.15) is 12.8 Å². The molecule has 0 amide bonds. The fourth-order valence-electron chi connectivity index (χ4n) is 1.59. The van der Waals surface area contributed by atoms with Gasteiger partial charge in [0.05, 0.1) is 17.8 Å². The number of sulfonamides is 1. The number of anilines is 1. The third-order valence-electron chi connectivity index (χ3n) is 2.54.